The Morgan fingerprint density at radius 1 is 1.54 bits per heavy atom. The van der Waals surface area contributed by atoms with Crippen LogP contribution < -0.4 is 23.1 Å². The lowest BCUT2D eigenvalue weighted by atomic mass is 10.2. The number of aromatic amines is 2. The average Bonchev–Trinajstić information content (AvgIpc) is 3.01. The second kappa shape index (κ2) is 8.52. The number of carboxylic acid groups (broad SMARTS) is 1. The zero-order valence-electron chi connectivity index (χ0n) is 12.3. The van der Waals surface area contributed by atoms with Gasteiger partial charge in [-0.05, 0) is 11.6 Å². The van der Waals surface area contributed by atoms with Crippen molar-refractivity contribution in [2.75, 3.05) is 0 Å². The molecule has 0 aliphatic carbocycles. The van der Waals surface area contributed by atoms with E-state index >= 15 is 0 Å². The van der Waals surface area contributed by atoms with E-state index in [1.165, 1.54) is 6.07 Å². The number of nitro groups is 1. The smallest absolute Gasteiger partial charge is 0.320 e. The van der Waals surface area contributed by atoms with E-state index < -0.39 is 27.7 Å². The minimum Gasteiger partial charge on any atom is -1.00 e. The Labute approximate surface area is 145 Å². The van der Waals surface area contributed by atoms with Crippen LogP contribution in [-0.4, -0.2) is 31.2 Å². The molecule has 11 heteroatoms. The highest BCUT2D eigenvalue weighted by atomic mass is 35.5. The Morgan fingerprint density at radius 2 is 2.25 bits per heavy atom. The lowest BCUT2D eigenvalue weighted by Crippen LogP contribution is -3.00. The number of benzene rings is 1. The highest BCUT2D eigenvalue weighted by Gasteiger charge is 2.24. The molecule has 0 saturated carbocycles. The Bertz CT molecular complexity index is 753. The second-order valence-corrected chi connectivity index (χ2v) is 6.24. The first-order valence-corrected chi connectivity index (χ1v) is 7.87. The maximum Gasteiger partial charge on any atom is 0.320 e. The molecule has 1 aromatic heterocycles. The van der Waals surface area contributed by atoms with Gasteiger partial charge < -0.3 is 23.2 Å². The van der Waals surface area contributed by atoms with Crippen molar-refractivity contribution in [3.63, 3.8) is 0 Å². The summed E-state index contributed by atoms with van der Waals surface area (Å²) >= 11 is 0. The Morgan fingerprint density at radius 3 is 2.67 bits per heavy atom. The van der Waals surface area contributed by atoms with Gasteiger partial charge in [-0.2, -0.15) is 0 Å². The number of rotatable bonds is 4. The van der Waals surface area contributed by atoms with Gasteiger partial charge in [-0.1, -0.05) is 6.07 Å². The van der Waals surface area contributed by atoms with Gasteiger partial charge in [0.1, 0.15) is 22.8 Å². The molecule has 2 aliphatic heterocycles. The topological polar surface area (TPSA) is 153 Å². The molecule has 0 saturated heterocycles. The third-order valence-corrected chi connectivity index (χ3v) is 4.55. The number of halogens is 1. The molecule has 1 aromatic carbocycles. The van der Waals surface area contributed by atoms with Crippen molar-refractivity contribution in [1.29, 1.82) is 0 Å². The van der Waals surface area contributed by atoms with Crippen LogP contribution in [0, 0.1) is 10.1 Å². The molecule has 4 rings (SSSR count). The zero-order chi connectivity index (χ0) is 17.0. The summed E-state index contributed by atoms with van der Waals surface area (Å²) in [7, 11) is -1.20. The average molecular weight is 375 g/mol. The molecule has 0 spiro atoms. The van der Waals surface area contributed by atoms with Crippen LogP contribution >= 0.6 is 0 Å². The fourth-order valence-electron chi connectivity index (χ4n) is 1.98. The molecular weight excluding hydrogens is 360 g/mol. The first-order chi connectivity index (χ1) is 10.9. The lowest BCUT2D eigenvalue weighted by Gasteiger charge is -2.10. The molecule has 130 valence electrons. The molecule has 9 nitrogen and oxygen atoms in total. The van der Waals surface area contributed by atoms with Crippen molar-refractivity contribution in [3.05, 3.63) is 52.1 Å². The van der Waals surface area contributed by atoms with Gasteiger partial charge in [0, 0.05) is 12.5 Å². The van der Waals surface area contributed by atoms with Gasteiger partial charge in [0.05, 0.1) is 21.5 Å². The predicted molar refractivity (Wildman–Crippen MR) is 79.9 cm³/mol. The molecule has 3 heterocycles. The van der Waals surface area contributed by atoms with E-state index in [1.54, 1.807) is 24.7 Å². The molecule has 2 aromatic rings. The first kappa shape index (κ1) is 19.7. The number of fused-ring (bicyclic) bond motifs is 3. The SMILES string of the molecule is NC(Cc1c[nH]c[nH+]1)C(=O)O.O=[N+]([O-])c1cc2ccc1S(=O)C2.[Cl-]. The highest BCUT2D eigenvalue weighted by molar-refractivity contribution is 7.84. The van der Waals surface area contributed by atoms with Crippen LogP contribution in [0.2, 0.25) is 0 Å². The van der Waals surface area contributed by atoms with Crippen LogP contribution in [-0.2, 0) is 27.8 Å². The molecule has 2 atom stereocenters. The van der Waals surface area contributed by atoms with E-state index in [-0.39, 0.29) is 18.1 Å². The van der Waals surface area contributed by atoms with Crippen LogP contribution in [0.25, 0.3) is 0 Å². The number of imidazole rings is 1. The number of nitrogens with one attached hydrogen (secondary N) is 2. The third-order valence-electron chi connectivity index (χ3n) is 3.12. The Balaban J connectivity index is 0.000000232. The summed E-state index contributed by atoms with van der Waals surface area (Å²) in [5.41, 5.74) is 6.82. The normalized spacial score (nSPS) is 15.6. The van der Waals surface area contributed by atoms with Crippen molar-refractivity contribution in [2.45, 2.75) is 23.1 Å². The monoisotopic (exact) mass is 374 g/mol. The van der Waals surface area contributed by atoms with Crippen LogP contribution in [0.1, 0.15) is 11.3 Å². The minimum atomic E-state index is -1.20. The van der Waals surface area contributed by atoms with Crippen molar-refractivity contribution in [2.24, 2.45) is 5.73 Å². The van der Waals surface area contributed by atoms with E-state index in [0.717, 1.165) is 11.3 Å². The quantitative estimate of drug-likeness (QED) is 0.383. The summed E-state index contributed by atoms with van der Waals surface area (Å²) in [6.07, 6.45) is 3.62. The number of carbonyl (C=O) groups is 1. The van der Waals surface area contributed by atoms with Gasteiger partial charge >= 0.3 is 5.97 Å². The summed E-state index contributed by atoms with van der Waals surface area (Å²) in [6.45, 7) is 0. The van der Waals surface area contributed by atoms with Crippen molar-refractivity contribution < 1.29 is 36.4 Å². The maximum atomic E-state index is 11.2. The largest absolute Gasteiger partial charge is 1.00 e. The minimum absolute atomic E-state index is 0. The molecule has 2 unspecified atom stereocenters. The number of aromatic nitrogens is 2. The van der Waals surface area contributed by atoms with E-state index in [1.807, 2.05) is 0 Å². The van der Waals surface area contributed by atoms with Gasteiger partial charge in [-0.25, -0.2) is 4.98 Å². The lowest BCUT2D eigenvalue weighted by molar-refractivity contribution is -0.388. The summed E-state index contributed by atoms with van der Waals surface area (Å²) in [5, 5.41) is 18.9. The number of hydrogen-bond donors (Lipinski definition) is 3. The standard InChI is InChI=1S/C7H5NO3S.C6H9N3O2.ClH/c9-8(10)6-3-5-1-2-7(6)12(11)4-5;7-5(6(10)11)1-4-2-8-3-9-4;/h1-3H,4H2;2-3,5H,1,7H2,(H,8,9)(H,10,11);1H. The molecule has 0 amide bonds. The highest BCUT2D eigenvalue weighted by Crippen LogP contribution is 2.30. The number of H-pyrrole nitrogens is 2. The fraction of sp³-hybridized carbons (Fsp3) is 0.231. The summed E-state index contributed by atoms with van der Waals surface area (Å²) < 4.78 is 11.2. The van der Waals surface area contributed by atoms with Crippen LogP contribution in [0.5, 0.6) is 0 Å². The van der Waals surface area contributed by atoms with E-state index in [9.17, 15) is 19.1 Å². The molecule has 0 fully saturated rings. The fourth-order valence-corrected chi connectivity index (χ4v) is 3.20. The molecule has 0 radical (unpaired) electrons. The number of nitrogens with zero attached hydrogens (tertiary/aromatic N) is 1. The van der Waals surface area contributed by atoms with Crippen molar-refractivity contribution in [1.82, 2.24) is 4.98 Å². The number of nitro benzene ring substituents is 1. The Kier molecular flexibility index (Phi) is 7.01. The number of aliphatic carboxylic acids is 1. The molecule has 2 bridgehead atoms. The van der Waals surface area contributed by atoms with E-state index in [4.69, 9.17) is 10.8 Å². The Hall–Kier alpha value is -2.30. The van der Waals surface area contributed by atoms with Gasteiger partial charge in [-0.3, -0.25) is 24.1 Å². The molecule has 5 N–H and O–H groups in total. The molecular formula is C13H15ClN4O5S. The second-order valence-electron chi connectivity index (χ2n) is 4.82. The van der Waals surface area contributed by atoms with Crippen molar-refractivity contribution in [3.8, 4) is 0 Å². The van der Waals surface area contributed by atoms with Crippen LogP contribution in [0.3, 0.4) is 0 Å². The van der Waals surface area contributed by atoms with Crippen LogP contribution in [0.4, 0.5) is 5.69 Å². The number of carboxylic acids is 1. The summed E-state index contributed by atoms with van der Waals surface area (Å²) in [5.74, 6) is -0.567. The van der Waals surface area contributed by atoms with Gasteiger partial charge in [0.2, 0.25) is 6.33 Å². The van der Waals surface area contributed by atoms with Crippen molar-refractivity contribution >= 4 is 22.5 Å². The van der Waals surface area contributed by atoms with Gasteiger partial charge in [-0.15, -0.1) is 0 Å². The number of hydrogen-bond acceptors (Lipinski definition) is 5. The molecule has 2 aliphatic rings. The van der Waals surface area contributed by atoms with E-state index in [0.29, 0.717) is 17.1 Å². The zero-order valence-corrected chi connectivity index (χ0v) is 13.8. The third kappa shape index (κ3) is 4.85. The first-order valence-electron chi connectivity index (χ1n) is 6.56. The summed E-state index contributed by atoms with van der Waals surface area (Å²) in [4.78, 5) is 26.1. The predicted octanol–water partition coefficient (Wildman–Crippen LogP) is -3.00. The summed E-state index contributed by atoms with van der Waals surface area (Å²) in [6, 6.07) is 3.98. The number of nitrogens with two attached hydrogens (primary N) is 1. The van der Waals surface area contributed by atoms with Gasteiger partial charge in [0.25, 0.3) is 5.69 Å². The van der Waals surface area contributed by atoms with Crippen LogP contribution in [0.15, 0.2) is 35.6 Å². The van der Waals surface area contributed by atoms with Gasteiger partial charge in [0.15, 0.2) is 0 Å². The molecule has 24 heavy (non-hydrogen) atoms. The maximum absolute atomic E-state index is 11.2. The van der Waals surface area contributed by atoms with E-state index in [2.05, 4.69) is 9.97 Å².